The molecular formula is C21H24O4. The number of benzene rings is 2. The van der Waals surface area contributed by atoms with Crippen molar-refractivity contribution in [2.75, 3.05) is 21.3 Å². The molecule has 2 aromatic carbocycles. The van der Waals surface area contributed by atoms with E-state index in [-0.39, 0.29) is 0 Å². The number of methoxy groups -OCH3 is 3. The lowest BCUT2D eigenvalue weighted by molar-refractivity contribution is 0.329. The molecule has 0 saturated carbocycles. The second-order valence-corrected chi connectivity index (χ2v) is 5.40. The van der Waals surface area contributed by atoms with Gasteiger partial charge in [-0.3, -0.25) is 0 Å². The first kappa shape index (κ1) is 18.5. The van der Waals surface area contributed by atoms with Gasteiger partial charge in [0.15, 0.2) is 23.0 Å². The number of allylic oxidation sites excluding steroid dienone is 2. The van der Waals surface area contributed by atoms with Crippen molar-refractivity contribution in [2.24, 2.45) is 0 Å². The van der Waals surface area contributed by atoms with E-state index in [1.54, 1.807) is 21.3 Å². The molecule has 0 aliphatic rings. The molecule has 2 rings (SSSR count). The fraction of sp³-hybridized carbons (Fsp3) is 0.238. The Hall–Kier alpha value is -2.88. The Labute approximate surface area is 149 Å². The normalized spacial score (nSPS) is 10.0. The van der Waals surface area contributed by atoms with Gasteiger partial charge in [-0.2, -0.15) is 0 Å². The van der Waals surface area contributed by atoms with Gasteiger partial charge in [0.1, 0.15) is 0 Å². The van der Waals surface area contributed by atoms with Crippen LogP contribution in [0.4, 0.5) is 0 Å². The van der Waals surface area contributed by atoms with Gasteiger partial charge in [-0.05, 0) is 48.2 Å². The predicted molar refractivity (Wildman–Crippen MR) is 100 cm³/mol. The number of hydrogen-bond donors (Lipinski definition) is 0. The minimum Gasteiger partial charge on any atom is -0.493 e. The molecular weight excluding hydrogens is 316 g/mol. The highest BCUT2D eigenvalue weighted by molar-refractivity contribution is 5.57. The molecule has 0 fully saturated rings. The van der Waals surface area contributed by atoms with Crippen LogP contribution < -0.4 is 18.9 Å². The van der Waals surface area contributed by atoms with Crippen molar-refractivity contribution in [3.63, 3.8) is 0 Å². The van der Waals surface area contributed by atoms with Gasteiger partial charge in [0.2, 0.25) is 5.75 Å². The molecule has 0 heterocycles. The van der Waals surface area contributed by atoms with Gasteiger partial charge < -0.3 is 18.9 Å². The maximum atomic E-state index is 6.14. The molecule has 0 spiro atoms. The molecule has 0 amide bonds. The zero-order chi connectivity index (χ0) is 18.2. The van der Waals surface area contributed by atoms with Gasteiger partial charge in [0, 0.05) is 0 Å². The minimum absolute atomic E-state index is 0.534. The molecule has 25 heavy (non-hydrogen) atoms. The van der Waals surface area contributed by atoms with Gasteiger partial charge in [0.05, 0.1) is 21.3 Å². The molecule has 0 aliphatic heterocycles. The molecule has 0 saturated heterocycles. The zero-order valence-electron chi connectivity index (χ0n) is 15.0. The fourth-order valence-corrected chi connectivity index (χ4v) is 2.56. The van der Waals surface area contributed by atoms with E-state index in [9.17, 15) is 0 Å². The summed E-state index contributed by atoms with van der Waals surface area (Å²) in [7, 11) is 4.80. The van der Waals surface area contributed by atoms with Crippen molar-refractivity contribution in [1.29, 1.82) is 0 Å². The summed E-state index contributed by atoms with van der Waals surface area (Å²) in [6.07, 6.45) is 5.12. The molecule has 4 nitrogen and oxygen atoms in total. The van der Waals surface area contributed by atoms with Gasteiger partial charge in [0.25, 0.3) is 0 Å². The van der Waals surface area contributed by atoms with E-state index in [2.05, 4.69) is 13.2 Å². The van der Waals surface area contributed by atoms with Crippen molar-refractivity contribution < 1.29 is 18.9 Å². The average molecular weight is 340 g/mol. The highest BCUT2D eigenvalue weighted by Gasteiger charge is 2.16. The summed E-state index contributed by atoms with van der Waals surface area (Å²) in [5.74, 6) is 2.96. The second kappa shape index (κ2) is 8.83. The maximum absolute atomic E-state index is 6.14. The molecule has 0 bridgehead atoms. The predicted octanol–water partition coefficient (Wildman–Crippen LogP) is 4.96. The Morgan fingerprint density at radius 3 is 1.92 bits per heavy atom. The lowest BCUT2D eigenvalue weighted by Crippen LogP contribution is -1.98. The van der Waals surface area contributed by atoms with Gasteiger partial charge in [-0.15, -0.1) is 13.2 Å². The van der Waals surface area contributed by atoms with Crippen LogP contribution in [-0.2, 0) is 12.8 Å². The molecule has 4 heteroatoms. The van der Waals surface area contributed by atoms with Crippen LogP contribution in [-0.4, -0.2) is 21.3 Å². The molecule has 0 aromatic heterocycles. The molecule has 132 valence electrons. The Balaban J connectivity index is 2.50. The summed E-state index contributed by atoms with van der Waals surface area (Å²) < 4.78 is 22.5. The zero-order valence-corrected chi connectivity index (χ0v) is 15.0. The van der Waals surface area contributed by atoms with E-state index in [4.69, 9.17) is 18.9 Å². The Morgan fingerprint density at radius 1 is 0.720 bits per heavy atom. The van der Waals surface area contributed by atoms with Crippen molar-refractivity contribution in [1.82, 2.24) is 0 Å². The minimum atomic E-state index is 0.534. The Morgan fingerprint density at radius 2 is 1.32 bits per heavy atom. The van der Waals surface area contributed by atoms with E-state index >= 15 is 0 Å². The van der Waals surface area contributed by atoms with E-state index in [0.29, 0.717) is 35.2 Å². The van der Waals surface area contributed by atoms with Crippen LogP contribution in [0.15, 0.2) is 55.6 Å². The van der Waals surface area contributed by atoms with E-state index in [0.717, 1.165) is 17.5 Å². The Bertz CT molecular complexity index is 750. The van der Waals surface area contributed by atoms with E-state index < -0.39 is 0 Å². The van der Waals surface area contributed by atoms with Gasteiger partial charge in [-0.25, -0.2) is 0 Å². The number of hydrogen-bond acceptors (Lipinski definition) is 4. The fourth-order valence-electron chi connectivity index (χ4n) is 2.56. The van der Waals surface area contributed by atoms with Crippen LogP contribution >= 0.6 is 0 Å². The average Bonchev–Trinajstić information content (AvgIpc) is 2.62. The van der Waals surface area contributed by atoms with Crippen molar-refractivity contribution in [3.8, 4) is 28.7 Å². The second-order valence-electron chi connectivity index (χ2n) is 5.40. The molecule has 0 radical (unpaired) electrons. The highest BCUT2D eigenvalue weighted by atomic mass is 16.5. The van der Waals surface area contributed by atoms with Crippen LogP contribution in [0.3, 0.4) is 0 Å². The van der Waals surface area contributed by atoms with E-state index in [1.165, 1.54) is 0 Å². The number of ether oxygens (including phenoxy) is 4. The summed E-state index contributed by atoms with van der Waals surface area (Å²) in [5, 5.41) is 0. The third-order valence-corrected chi connectivity index (χ3v) is 3.71. The van der Waals surface area contributed by atoms with Crippen LogP contribution in [0.2, 0.25) is 0 Å². The molecule has 0 N–H and O–H groups in total. The quantitative estimate of drug-likeness (QED) is 0.605. The third kappa shape index (κ3) is 4.35. The lowest BCUT2D eigenvalue weighted by Gasteiger charge is -2.17. The Kier molecular flexibility index (Phi) is 6.52. The first-order valence-corrected chi connectivity index (χ1v) is 7.98. The van der Waals surface area contributed by atoms with Crippen LogP contribution in [0.1, 0.15) is 11.1 Å². The number of rotatable bonds is 9. The van der Waals surface area contributed by atoms with Crippen molar-refractivity contribution >= 4 is 0 Å². The van der Waals surface area contributed by atoms with Gasteiger partial charge >= 0.3 is 0 Å². The first-order valence-electron chi connectivity index (χ1n) is 7.98. The summed E-state index contributed by atoms with van der Waals surface area (Å²) in [5.41, 5.74) is 2.10. The smallest absolute Gasteiger partial charge is 0.203 e. The van der Waals surface area contributed by atoms with Crippen molar-refractivity contribution in [3.05, 3.63) is 66.8 Å². The SMILES string of the molecule is C=CCc1ccc(OC)c(Oc2cc(CC=C)cc(OC)c2OC)c1. The third-order valence-electron chi connectivity index (χ3n) is 3.71. The molecule has 0 aliphatic carbocycles. The van der Waals surface area contributed by atoms with Crippen LogP contribution in [0.5, 0.6) is 28.7 Å². The summed E-state index contributed by atoms with van der Waals surface area (Å²) in [4.78, 5) is 0. The highest BCUT2D eigenvalue weighted by Crippen LogP contribution is 2.43. The largest absolute Gasteiger partial charge is 0.493 e. The molecule has 2 aromatic rings. The monoisotopic (exact) mass is 340 g/mol. The summed E-state index contributed by atoms with van der Waals surface area (Å²) >= 11 is 0. The maximum Gasteiger partial charge on any atom is 0.203 e. The topological polar surface area (TPSA) is 36.9 Å². The van der Waals surface area contributed by atoms with Crippen molar-refractivity contribution in [2.45, 2.75) is 12.8 Å². The standard InChI is InChI=1S/C21H24O4/c1-6-8-15-10-11-17(22-3)18(12-15)25-20-14-16(9-7-2)13-19(23-4)21(20)24-5/h6-7,10-14H,1-2,8-9H2,3-5H3. The van der Waals surface area contributed by atoms with Crippen LogP contribution in [0, 0.1) is 0 Å². The summed E-state index contributed by atoms with van der Waals surface area (Å²) in [6.45, 7) is 7.56. The van der Waals surface area contributed by atoms with Crippen LogP contribution in [0.25, 0.3) is 0 Å². The van der Waals surface area contributed by atoms with Gasteiger partial charge in [-0.1, -0.05) is 18.2 Å². The summed E-state index contributed by atoms with van der Waals surface area (Å²) in [6, 6.07) is 9.64. The van der Waals surface area contributed by atoms with E-state index in [1.807, 2.05) is 42.5 Å². The molecule has 0 atom stereocenters. The lowest BCUT2D eigenvalue weighted by atomic mass is 10.1. The first-order chi connectivity index (χ1) is 12.2. The molecule has 0 unspecified atom stereocenters.